The van der Waals surface area contributed by atoms with Crippen LogP contribution in [0.5, 0.6) is 0 Å². The number of hydrogen-bond donors (Lipinski definition) is 2. The number of Topliss-reactive ketones (excluding diaryl/α,β-unsaturated/α-hetero) is 1. The lowest BCUT2D eigenvalue weighted by molar-refractivity contribution is -0.150. The van der Waals surface area contributed by atoms with E-state index in [1.54, 1.807) is 69.4 Å². The van der Waals surface area contributed by atoms with Gasteiger partial charge >= 0.3 is 11.8 Å². The molecule has 196 valence electrons. The SMILES string of the molecule is CC(C)CC(=O)NC1N=C(c2ccccn2)c2ccccc2[N+](CC(=O)C(C)(C)C)(C(=O)[C@H](C)N)C1=O. The molecule has 0 saturated carbocycles. The Kier molecular flexibility index (Phi) is 8.19. The number of para-hydroxylation sites is 1. The number of carbonyl (C=O) groups is 4. The van der Waals surface area contributed by atoms with Gasteiger partial charge in [-0.3, -0.25) is 14.6 Å². The number of nitrogens with zero attached hydrogens (tertiary/aromatic N) is 3. The molecule has 9 heteroatoms. The third-order valence-electron chi connectivity index (χ3n) is 6.22. The predicted molar refractivity (Wildman–Crippen MR) is 142 cm³/mol. The van der Waals surface area contributed by atoms with Gasteiger partial charge in [0.1, 0.15) is 6.04 Å². The fourth-order valence-corrected chi connectivity index (χ4v) is 4.24. The smallest absolute Gasteiger partial charge is 0.323 e. The molecule has 2 aromatic rings. The van der Waals surface area contributed by atoms with Gasteiger partial charge in [0.05, 0.1) is 17.0 Å². The van der Waals surface area contributed by atoms with Crippen LogP contribution in [-0.2, 0) is 19.2 Å². The van der Waals surface area contributed by atoms with Gasteiger partial charge in [0.2, 0.25) is 12.1 Å². The van der Waals surface area contributed by atoms with Crippen molar-refractivity contribution in [1.29, 1.82) is 0 Å². The van der Waals surface area contributed by atoms with Crippen LogP contribution in [-0.4, -0.2) is 53.0 Å². The topological polar surface area (TPSA) is 132 Å². The van der Waals surface area contributed by atoms with Gasteiger partial charge in [-0.15, -0.1) is 0 Å². The number of benzodiazepines with no additional fused rings is 1. The first-order valence-corrected chi connectivity index (χ1v) is 12.4. The van der Waals surface area contributed by atoms with E-state index in [-0.39, 0.29) is 23.8 Å². The third kappa shape index (κ3) is 5.73. The Hall–Kier alpha value is -3.56. The molecule has 1 aliphatic heterocycles. The van der Waals surface area contributed by atoms with Crippen molar-refractivity contribution in [3.8, 4) is 0 Å². The summed E-state index contributed by atoms with van der Waals surface area (Å²) in [4.78, 5) is 63.8. The molecule has 0 spiro atoms. The number of nitrogens with two attached hydrogens (primary N) is 1. The number of quaternary nitrogens is 1. The van der Waals surface area contributed by atoms with Crippen LogP contribution < -0.4 is 15.5 Å². The first-order chi connectivity index (χ1) is 17.3. The summed E-state index contributed by atoms with van der Waals surface area (Å²) in [6.45, 7) is 9.99. The number of hydrogen-bond acceptors (Lipinski definition) is 7. The number of pyridine rings is 1. The number of aromatic nitrogens is 1. The number of imide groups is 1. The molecule has 0 radical (unpaired) electrons. The Morgan fingerprint density at radius 1 is 1.05 bits per heavy atom. The minimum atomic E-state index is -1.44. The van der Waals surface area contributed by atoms with E-state index in [9.17, 15) is 19.2 Å². The van der Waals surface area contributed by atoms with Gasteiger partial charge in [0.15, 0.2) is 18.0 Å². The van der Waals surface area contributed by atoms with Crippen molar-refractivity contribution >= 4 is 34.9 Å². The summed E-state index contributed by atoms with van der Waals surface area (Å²) in [6, 6.07) is 11.0. The van der Waals surface area contributed by atoms with Gasteiger partial charge in [-0.2, -0.15) is 4.48 Å². The molecule has 0 saturated heterocycles. The molecule has 0 aliphatic carbocycles. The van der Waals surface area contributed by atoms with Crippen LogP contribution in [0.1, 0.15) is 59.2 Å². The normalized spacial score (nSPS) is 20.5. The summed E-state index contributed by atoms with van der Waals surface area (Å²) >= 11 is 0. The zero-order chi connectivity index (χ0) is 27.5. The maximum absolute atomic E-state index is 14.4. The van der Waals surface area contributed by atoms with Crippen LogP contribution in [0.4, 0.5) is 5.69 Å². The summed E-state index contributed by atoms with van der Waals surface area (Å²) in [5.41, 5.74) is 6.79. The Morgan fingerprint density at radius 3 is 2.27 bits per heavy atom. The molecule has 3 amide bonds. The molecule has 0 bridgehead atoms. The lowest BCUT2D eigenvalue weighted by atomic mass is 9.89. The molecular formula is C28H36N5O4+. The average Bonchev–Trinajstić information content (AvgIpc) is 2.92. The second-order valence-electron chi connectivity index (χ2n) is 10.9. The van der Waals surface area contributed by atoms with E-state index in [4.69, 9.17) is 5.73 Å². The molecule has 3 atom stereocenters. The molecule has 37 heavy (non-hydrogen) atoms. The van der Waals surface area contributed by atoms with E-state index in [2.05, 4.69) is 15.3 Å². The van der Waals surface area contributed by atoms with Crippen molar-refractivity contribution in [2.24, 2.45) is 22.1 Å². The number of rotatable bonds is 7. The van der Waals surface area contributed by atoms with Crippen molar-refractivity contribution in [2.75, 3.05) is 6.54 Å². The number of amides is 3. The summed E-state index contributed by atoms with van der Waals surface area (Å²) < 4.78 is -0.990. The van der Waals surface area contributed by atoms with Gasteiger partial charge < -0.3 is 11.1 Å². The van der Waals surface area contributed by atoms with Crippen molar-refractivity contribution in [1.82, 2.24) is 14.8 Å². The van der Waals surface area contributed by atoms with Crippen molar-refractivity contribution < 1.29 is 19.2 Å². The van der Waals surface area contributed by atoms with E-state index in [1.807, 2.05) is 13.8 Å². The Labute approximate surface area is 217 Å². The Bertz CT molecular complexity index is 1230. The molecule has 1 aromatic carbocycles. The standard InChI is InChI=1S/C28H35N5O4/c1-17(2)15-23(35)31-25-27(37)33(26(36)18(3)29,16-22(34)28(4,5)6)21-13-8-7-11-19(21)24(32-25)20-12-9-10-14-30-20/h7-14,17-18,25H,15-16,29H2,1-6H3/p+1/t18-,25?,33?/m0/s1. The quantitative estimate of drug-likeness (QED) is 0.555. The minimum absolute atomic E-state index is 0.0322. The highest BCUT2D eigenvalue weighted by molar-refractivity contribution is 6.24. The van der Waals surface area contributed by atoms with Gasteiger partial charge in [0, 0.05) is 24.1 Å². The fraction of sp³-hybridized carbons (Fsp3) is 0.429. The van der Waals surface area contributed by atoms with Crippen LogP contribution in [0, 0.1) is 11.3 Å². The van der Waals surface area contributed by atoms with E-state index in [0.717, 1.165) is 0 Å². The molecule has 1 aromatic heterocycles. The largest absolute Gasteiger partial charge is 0.371 e. The average molecular weight is 507 g/mol. The molecular weight excluding hydrogens is 470 g/mol. The minimum Gasteiger partial charge on any atom is -0.323 e. The zero-order valence-electron chi connectivity index (χ0n) is 22.3. The number of aliphatic imine (C=N–C) groups is 1. The first kappa shape index (κ1) is 28.0. The van der Waals surface area contributed by atoms with Gasteiger partial charge in [-0.25, -0.2) is 14.6 Å². The molecule has 2 unspecified atom stereocenters. The van der Waals surface area contributed by atoms with E-state index in [1.165, 1.54) is 6.92 Å². The summed E-state index contributed by atoms with van der Waals surface area (Å²) in [5.74, 6) is -2.06. The molecule has 1 aliphatic rings. The maximum Gasteiger partial charge on any atom is 0.371 e. The molecule has 2 heterocycles. The lowest BCUT2D eigenvalue weighted by Crippen LogP contribution is -2.69. The van der Waals surface area contributed by atoms with Crippen LogP contribution in [0.25, 0.3) is 0 Å². The summed E-state index contributed by atoms with van der Waals surface area (Å²) in [5, 5.41) is 2.71. The number of carbonyl (C=O) groups excluding carboxylic acids is 4. The number of nitrogens with one attached hydrogen (secondary N) is 1. The fourth-order valence-electron chi connectivity index (χ4n) is 4.24. The second kappa shape index (κ2) is 10.8. The number of benzene rings is 1. The van der Waals surface area contributed by atoms with E-state index in [0.29, 0.717) is 17.0 Å². The van der Waals surface area contributed by atoms with Gasteiger partial charge in [0.25, 0.3) is 0 Å². The third-order valence-corrected chi connectivity index (χ3v) is 6.22. The van der Waals surface area contributed by atoms with Crippen LogP contribution in [0.15, 0.2) is 53.7 Å². The monoisotopic (exact) mass is 506 g/mol. The number of fused-ring (bicyclic) bond motifs is 1. The highest BCUT2D eigenvalue weighted by Gasteiger charge is 2.56. The summed E-state index contributed by atoms with van der Waals surface area (Å²) in [7, 11) is 0. The van der Waals surface area contributed by atoms with Crippen molar-refractivity contribution in [2.45, 2.75) is 60.2 Å². The van der Waals surface area contributed by atoms with Gasteiger partial charge in [-0.1, -0.05) is 52.8 Å². The van der Waals surface area contributed by atoms with Gasteiger partial charge in [-0.05, 0) is 31.0 Å². The Morgan fingerprint density at radius 2 is 1.70 bits per heavy atom. The summed E-state index contributed by atoms with van der Waals surface area (Å²) in [6.07, 6.45) is 0.316. The number of ketones is 1. The van der Waals surface area contributed by atoms with E-state index >= 15 is 0 Å². The maximum atomic E-state index is 14.4. The van der Waals surface area contributed by atoms with Crippen LogP contribution in [0.3, 0.4) is 0 Å². The van der Waals surface area contributed by atoms with E-state index < -0.39 is 46.4 Å². The van der Waals surface area contributed by atoms with Crippen molar-refractivity contribution in [3.05, 3.63) is 59.9 Å². The van der Waals surface area contributed by atoms with Crippen LogP contribution >= 0.6 is 0 Å². The molecule has 3 rings (SSSR count). The van der Waals surface area contributed by atoms with Crippen molar-refractivity contribution in [3.63, 3.8) is 0 Å². The molecule has 3 N–H and O–H groups in total. The lowest BCUT2D eigenvalue weighted by Gasteiger charge is -2.36. The molecule has 0 fully saturated rings. The second-order valence-corrected chi connectivity index (χ2v) is 10.9. The van der Waals surface area contributed by atoms with Crippen LogP contribution in [0.2, 0.25) is 0 Å². The highest BCUT2D eigenvalue weighted by atomic mass is 16.2. The Balaban J connectivity index is 2.37. The zero-order valence-corrected chi connectivity index (χ0v) is 22.3. The molecule has 9 nitrogen and oxygen atoms in total. The first-order valence-electron chi connectivity index (χ1n) is 12.4. The highest BCUT2D eigenvalue weighted by Crippen LogP contribution is 2.36. The predicted octanol–water partition coefficient (Wildman–Crippen LogP) is 2.74.